The van der Waals surface area contributed by atoms with Crippen LogP contribution in [0.2, 0.25) is 0 Å². The van der Waals surface area contributed by atoms with Crippen molar-refractivity contribution in [2.45, 2.75) is 27.7 Å². The molecule has 0 saturated heterocycles. The van der Waals surface area contributed by atoms with Crippen LogP contribution in [0.1, 0.15) is 27.7 Å². The Hall–Kier alpha value is -0.0000000000000000208. The van der Waals surface area contributed by atoms with Gasteiger partial charge in [0.25, 0.3) is 0 Å². The van der Waals surface area contributed by atoms with Gasteiger partial charge in [0.05, 0.1) is 0 Å². The van der Waals surface area contributed by atoms with E-state index in [2.05, 4.69) is 47.0 Å². The van der Waals surface area contributed by atoms with Crippen LogP contribution in [0.4, 0.5) is 0 Å². The highest BCUT2D eigenvalue weighted by molar-refractivity contribution is 8.11. The second-order valence-electron chi connectivity index (χ2n) is 4.19. The maximum absolute atomic E-state index is 6.04. The quantitative estimate of drug-likeness (QED) is 0.722. The predicted octanol–water partition coefficient (Wildman–Crippen LogP) is 2.90. The topological polar surface area (TPSA) is 23.8 Å². The number of nitrogens with zero attached hydrogens (tertiary/aromatic N) is 4. The lowest BCUT2D eigenvalue weighted by molar-refractivity contribution is 0.420. The normalized spacial score (nSPS) is 13.7. The van der Waals surface area contributed by atoms with Crippen LogP contribution in [0.3, 0.4) is 0 Å². The first kappa shape index (κ1) is 17.1. The van der Waals surface area contributed by atoms with Gasteiger partial charge in [-0.15, -0.1) is 11.3 Å². The largest absolute Gasteiger partial charge is 0.327 e. The molecule has 0 spiro atoms. The Morgan fingerprint density at radius 3 is 1.95 bits per heavy atom. The third-order valence-corrected chi connectivity index (χ3v) is 8.84. The molecular weight excluding hydrogens is 295 g/mol. The summed E-state index contributed by atoms with van der Waals surface area (Å²) in [6.07, 6.45) is 2.04. The van der Waals surface area contributed by atoms with Crippen molar-refractivity contribution in [3.63, 3.8) is 0 Å². The van der Waals surface area contributed by atoms with Gasteiger partial charge in [-0.1, -0.05) is 27.7 Å². The molecule has 0 fully saturated rings. The molecule has 0 radical (unpaired) electrons. The Labute approximate surface area is 125 Å². The van der Waals surface area contributed by atoms with Gasteiger partial charge in [-0.3, -0.25) is 0 Å². The standard InChI is InChI=1S/C12H25N4PS2/c1-6-15(7-2)17(18,16(8-3)9-4)13-12-14(5)10-11-19-12/h10-11H,6-9H2,1-5H3/b13-12-. The molecule has 0 aliphatic carbocycles. The fourth-order valence-electron chi connectivity index (χ4n) is 2.02. The Bertz CT molecular complexity index is 470. The van der Waals surface area contributed by atoms with Gasteiger partial charge in [-0.25, -0.2) is 9.34 Å². The van der Waals surface area contributed by atoms with Gasteiger partial charge in [-0.2, -0.15) is 4.76 Å². The molecule has 7 heteroatoms. The Morgan fingerprint density at radius 2 is 1.63 bits per heavy atom. The molecule has 0 unspecified atom stereocenters. The molecule has 1 heterocycles. The second kappa shape index (κ2) is 7.70. The molecule has 19 heavy (non-hydrogen) atoms. The maximum Gasteiger partial charge on any atom is 0.191 e. The summed E-state index contributed by atoms with van der Waals surface area (Å²) in [5, 5.41) is 2.06. The van der Waals surface area contributed by atoms with E-state index >= 15 is 0 Å². The molecule has 110 valence electrons. The van der Waals surface area contributed by atoms with Crippen LogP contribution >= 0.6 is 17.8 Å². The summed E-state index contributed by atoms with van der Waals surface area (Å²) < 4.78 is 11.7. The van der Waals surface area contributed by atoms with E-state index in [9.17, 15) is 0 Å². The molecule has 0 atom stereocenters. The average molecular weight is 320 g/mol. The van der Waals surface area contributed by atoms with Gasteiger partial charge in [0, 0.05) is 44.8 Å². The zero-order valence-corrected chi connectivity index (χ0v) is 15.1. The molecule has 0 N–H and O–H groups in total. The van der Waals surface area contributed by atoms with Crippen LogP contribution in [0.25, 0.3) is 0 Å². The molecule has 0 amide bonds. The van der Waals surface area contributed by atoms with Crippen LogP contribution in [-0.2, 0) is 18.9 Å². The van der Waals surface area contributed by atoms with Gasteiger partial charge in [-0.05, 0) is 11.8 Å². The molecule has 0 aliphatic rings. The number of thiazole rings is 1. The molecule has 1 rings (SSSR count). The summed E-state index contributed by atoms with van der Waals surface area (Å²) in [4.78, 5) is 1.02. The first-order valence-electron chi connectivity index (χ1n) is 6.80. The number of rotatable bonds is 7. The fourth-order valence-corrected chi connectivity index (χ4v) is 7.37. The number of aromatic nitrogens is 1. The van der Waals surface area contributed by atoms with E-state index < -0.39 is 6.49 Å². The molecular formula is C12H25N4PS2. The molecule has 0 bridgehead atoms. The van der Waals surface area contributed by atoms with Crippen molar-refractivity contribution in [3.8, 4) is 0 Å². The summed E-state index contributed by atoms with van der Waals surface area (Å²) in [5.41, 5.74) is 0. The number of hydrogen-bond donors (Lipinski definition) is 0. The Kier molecular flexibility index (Phi) is 6.91. The molecule has 1 aromatic rings. The second-order valence-corrected chi connectivity index (χ2v) is 8.89. The monoisotopic (exact) mass is 320 g/mol. The summed E-state index contributed by atoms with van der Waals surface area (Å²) >= 11 is 7.70. The third-order valence-electron chi connectivity index (χ3n) is 3.17. The maximum atomic E-state index is 6.04. The van der Waals surface area contributed by atoms with Gasteiger partial charge in [0.2, 0.25) is 0 Å². The van der Waals surface area contributed by atoms with E-state index in [1.54, 1.807) is 11.3 Å². The third kappa shape index (κ3) is 3.76. The van der Waals surface area contributed by atoms with Crippen molar-refractivity contribution in [2.75, 3.05) is 26.2 Å². The summed E-state index contributed by atoms with van der Waals surface area (Å²) in [6.45, 7) is 10.4. The minimum atomic E-state index is -2.04. The smallest absolute Gasteiger partial charge is 0.191 e. The van der Waals surface area contributed by atoms with E-state index in [4.69, 9.17) is 16.6 Å². The highest BCUT2D eigenvalue weighted by Crippen LogP contribution is 2.54. The van der Waals surface area contributed by atoms with E-state index in [-0.39, 0.29) is 0 Å². The average Bonchev–Trinajstić information content (AvgIpc) is 2.77. The van der Waals surface area contributed by atoms with E-state index in [0.29, 0.717) is 0 Å². The summed E-state index contributed by atoms with van der Waals surface area (Å²) in [5.74, 6) is 0. The minimum Gasteiger partial charge on any atom is -0.327 e. The Morgan fingerprint density at radius 1 is 1.16 bits per heavy atom. The highest BCUT2D eigenvalue weighted by atomic mass is 32.4. The van der Waals surface area contributed by atoms with Crippen LogP contribution in [0, 0.1) is 0 Å². The zero-order chi connectivity index (χ0) is 14.5. The van der Waals surface area contributed by atoms with Crippen molar-refractivity contribution in [1.29, 1.82) is 0 Å². The van der Waals surface area contributed by atoms with Crippen molar-refractivity contribution in [2.24, 2.45) is 11.8 Å². The summed E-state index contributed by atoms with van der Waals surface area (Å²) in [6, 6.07) is 0. The molecule has 0 aliphatic heterocycles. The van der Waals surface area contributed by atoms with Crippen LogP contribution in [0.5, 0.6) is 0 Å². The zero-order valence-electron chi connectivity index (χ0n) is 12.5. The lowest BCUT2D eigenvalue weighted by Crippen LogP contribution is -2.32. The van der Waals surface area contributed by atoms with Crippen LogP contribution in [-0.4, -0.2) is 40.1 Å². The van der Waals surface area contributed by atoms with Crippen molar-refractivity contribution < 1.29 is 0 Å². The van der Waals surface area contributed by atoms with Crippen LogP contribution < -0.4 is 4.80 Å². The number of hydrogen-bond acceptors (Lipinski definition) is 2. The Balaban J connectivity index is 3.35. The predicted molar refractivity (Wildman–Crippen MR) is 89.0 cm³/mol. The summed E-state index contributed by atoms with van der Waals surface area (Å²) in [7, 11) is 2.03. The molecule has 4 nitrogen and oxygen atoms in total. The van der Waals surface area contributed by atoms with Crippen molar-refractivity contribution in [3.05, 3.63) is 16.4 Å². The lowest BCUT2D eigenvalue weighted by atomic mass is 10.7. The first-order chi connectivity index (χ1) is 9.03. The first-order valence-corrected chi connectivity index (χ1v) is 10.3. The van der Waals surface area contributed by atoms with Gasteiger partial charge in [0.1, 0.15) is 0 Å². The van der Waals surface area contributed by atoms with Crippen molar-refractivity contribution >= 4 is 29.6 Å². The molecule has 1 aromatic heterocycles. The van der Waals surface area contributed by atoms with Gasteiger partial charge >= 0.3 is 0 Å². The van der Waals surface area contributed by atoms with Crippen LogP contribution in [0.15, 0.2) is 16.3 Å². The minimum absolute atomic E-state index is 0.947. The van der Waals surface area contributed by atoms with Gasteiger partial charge < -0.3 is 4.57 Å². The molecule has 0 saturated carbocycles. The van der Waals surface area contributed by atoms with E-state index in [1.165, 1.54) is 0 Å². The fraction of sp³-hybridized carbons (Fsp3) is 0.750. The number of aryl methyl sites for hydroxylation is 1. The van der Waals surface area contributed by atoms with Gasteiger partial charge in [0.15, 0.2) is 11.3 Å². The van der Waals surface area contributed by atoms with E-state index in [1.807, 2.05) is 13.2 Å². The van der Waals surface area contributed by atoms with Crippen molar-refractivity contribution in [1.82, 2.24) is 13.9 Å². The van der Waals surface area contributed by atoms with E-state index in [0.717, 1.165) is 31.0 Å². The SMILES string of the molecule is CCN(CC)P(=S)(/N=c1\sccn1C)N(CC)CC. The lowest BCUT2D eigenvalue weighted by Gasteiger charge is -2.37. The molecule has 0 aromatic carbocycles. The highest BCUT2D eigenvalue weighted by Gasteiger charge is 2.28.